The molecule has 0 fully saturated rings. The molecule has 27 heavy (non-hydrogen) atoms. The highest BCUT2D eigenvalue weighted by atomic mass is 35.5. The summed E-state index contributed by atoms with van der Waals surface area (Å²) in [7, 11) is 0. The van der Waals surface area contributed by atoms with E-state index in [-0.39, 0.29) is 18.2 Å². The summed E-state index contributed by atoms with van der Waals surface area (Å²) in [5.74, 6) is -0.220. The van der Waals surface area contributed by atoms with Gasteiger partial charge in [-0.05, 0) is 55.3 Å². The molecule has 2 nitrogen and oxygen atoms in total. The Labute approximate surface area is 169 Å². The van der Waals surface area contributed by atoms with Crippen LogP contribution in [0.5, 0.6) is 0 Å². The normalized spacial score (nSPS) is 10.8. The fourth-order valence-electron chi connectivity index (χ4n) is 3.38. The maximum absolute atomic E-state index is 13.3. The minimum absolute atomic E-state index is 0. The van der Waals surface area contributed by atoms with Gasteiger partial charge in [0.05, 0.1) is 11.2 Å². The van der Waals surface area contributed by atoms with Crippen molar-refractivity contribution in [3.63, 3.8) is 0 Å². The van der Waals surface area contributed by atoms with Crippen molar-refractivity contribution in [1.29, 1.82) is 0 Å². The van der Waals surface area contributed by atoms with Gasteiger partial charge in [0.15, 0.2) is 0 Å². The first kappa shape index (κ1) is 19.4. The summed E-state index contributed by atoms with van der Waals surface area (Å²) in [6.45, 7) is 4.91. The highest BCUT2D eigenvalue weighted by Gasteiger charge is 2.16. The molecule has 0 saturated heterocycles. The van der Waals surface area contributed by atoms with Crippen LogP contribution in [0, 0.1) is 19.7 Å². The molecule has 0 saturated carbocycles. The third-order valence-corrected chi connectivity index (χ3v) is 5.17. The van der Waals surface area contributed by atoms with Crippen LogP contribution in [0.4, 0.5) is 4.39 Å². The second-order valence-corrected chi connectivity index (χ2v) is 6.92. The molecule has 0 amide bonds. The van der Waals surface area contributed by atoms with Crippen molar-refractivity contribution in [2.75, 3.05) is 0 Å². The molecule has 2 heterocycles. The van der Waals surface area contributed by atoms with Crippen LogP contribution in [0.25, 0.3) is 22.2 Å². The molecule has 0 aliphatic carbocycles. The molecule has 2 aromatic heterocycles. The summed E-state index contributed by atoms with van der Waals surface area (Å²) >= 11 is 6.04. The van der Waals surface area contributed by atoms with Gasteiger partial charge in [0.25, 0.3) is 0 Å². The Hall–Kier alpha value is -2.36. The third-order valence-electron chi connectivity index (χ3n) is 4.92. The van der Waals surface area contributed by atoms with E-state index in [2.05, 4.69) is 29.5 Å². The number of fused-ring (bicyclic) bond motifs is 1. The highest BCUT2D eigenvalue weighted by Crippen LogP contribution is 2.33. The van der Waals surface area contributed by atoms with E-state index in [1.807, 2.05) is 42.6 Å². The lowest BCUT2D eigenvalue weighted by atomic mass is 10.1. The molecule has 5 heteroatoms. The van der Waals surface area contributed by atoms with Crippen LogP contribution in [0.15, 0.2) is 60.8 Å². The summed E-state index contributed by atoms with van der Waals surface area (Å²) in [6.07, 6.45) is 1.85. The van der Waals surface area contributed by atoms with E-state index < -0.39 is 0 Å². The zero-order valence-corrected chi connectivity index (χ0v) is 16.6. The quantitative estimate of drug-likeness (QED) is 0.379. The second-order valence-electron chi connectivity index (χ2n) is 6.49. The maximum atomic E-state index is 13.3. The fourth-order valence-corrected chi connectivity index (χ4v) is 3.51. The summed E-state index contributed by atoms with van der Waals surface area (Å²) in [6, 6.07) is 16.5. The number of pyridine rings is 1. The minimum Gasteiger partial charge on any atom is -0.338 e. The van der Waals surface area contributed by atoms with Gasteiger partial charge in [-0.3, -0.25) is 4.98 Å². The largest absolute Gasteiger partial charge is 0.338 e. The van der Waals surface area contributed by atoms with Gasteiger partial charge in [0.2, 0.25) is 0 Å². The average Bonchev–Trinajstić information content (AvgIpc) is 2.89. The van der Waals surface area contributed by atoms with E-state index in [4.69, 9.17) is 11.6 Å². The first-order chi connectivity index (χ1) is 12.5. The van der Waals surface area contributed by atoms with Crippen molar-refractivity contribution in [3.05, 3.63) is 88.5 Å². The average molecular weight is 401 g/mol. The number of benzene rings is 2. The summed E-state index contributed by atoms with van der Waals surface area (Å²) in [5.41, 5.74) is 6.52. The number of aromatic nitrogens is 2. The number of hydrogen-bond donors (Lipinski definition) is 0. The van der Waals surface area contributed by atoms with E-state index >= 15 is 0 Å². The molecule has 2 aromatic carbocycles. The van der Waals surface area contributed by atoms with E-state index in [9.17, 15) is 4.39 Å². The van der Waals surface area contributed by atoms with E-state index in [1.165, 1.54) is 28.8 Å². The van der Waals surface area contributed by atoms with E-state index in [0.29, 0.717) is 11.6 Å². The third kappa shape index (κ3) is 3.58. The van der Waals surface area contributed by atoms with Crippen molar-refractivity contribution >= 4 is 34.9 Å². The Bertz CT molecular complexity index is 1080. The molecular weight excluding hydrogens is 382 g/mol. The molecular formula is C22H19Cl2FN2. The van der Waals surface area contributed by atoms with Crippen LogP contribution >= 0.6 is 24.0 Å². The lowest BCUT2D eigenvalue weighted by Gasteiger charge is -2.12. The molecule has 0 spiro atoms. The van der Waals surface area contributed by atoms with E-state index in [0.717, 1.165) is 22.3 Å². The van der Waals surface area contributed by atoms with Gasteiger partial charge in [-0.15, -0.1) is 12.4 Å². The first-order valence-corrected chi connectivity index (χ1v) is 8.87. The molecule has 4 aromatic rings. The van der Waals surface area contributed by atoms with Gasteiger partial charge in [0, 0.05) is 34.4 Å². The van der Waals surface area contributed by atoms with Gasteiger partial charge in [-0.1, -0.05) is 35.9 Å². The Morgan fingerprint density at radius 3 is 2.30 bits per heavy atom. The molecule has 0 unspecified atom stereocenters. The molecule has 0 aliphatic rings. The van der Waals surface area contributed by atoms with Crippen molar-refractivity contribution in [2.24, 2.45) is 0 Å². The number of halogens is 3. The molecule has 0 bridgehead atoms. The van der Waals surface area contributed by atoms with Gasteiger partial charge < -0.3 is 4.57 Å². The van der Waals surface area contributed by atoms with Crippen molar-refractivity contribution in [3.8, 4) is 11.3 Å². The van der Waals surface area contributed by atoms with Crippen molar-refractivity contribution < 1.29 is 4.39 Å². The highest BCUT2D eigenvalue weighted by molar-refractivity contribution is 6.30. The summed E-state index contributed by atoms with van der Waals surface area (Å²) in [5, 5.41) is 1.89. The molecule has 4 rings (SSSR count). The molecule has 0 radical (unpaired) electrons. The maximum Gasteiger partial charge on any atom is 0.123 e. The zero-order valence-electron chi connectivity index (χ0n) is 15.0. The van der Waals surface area contributed by atoms with Crippen molar-refractivity contribution in [1.82, 2.24) is 9.55 Å². The van der Waals surface area contributed by atoms with Gasteiger partial charge in [0.1, 0.15) is 5.82 Å². The monoisotopic (exact) mass is 400 g/mol. The Morgan fingerprint density at radius 2 is 1.63 bits per heavy atom. The van der Waals surface area contributed by atoms with Crippen LogP contribution in [-0.2, 0) is 6.54 Å². The Kier molecular flexibility index (Phi) is 5.54. The second kappa shape index (κ2) is 7.71. The van der Waals surface area contributed by atoms with Crippen LogP contribution in [-0.4, -0.2) is 9.55 Å². The topological polar surface area (TPSA) is 17.8 Å². The zero-order chi connectivity index (χ0) is 18.3. The molecule has 138 valence electrons. The molecule has 0 N–H and O–H groups in total. The van der Waals surface area contributed by atoms with Crippen LogP contribution in [0.1, 0.15) is 16.8 Å². The minimum atomic E-state index is -0.220. The predicted molar refractivity (Wildman–Crippen MR) is 112 cm³/mol. The number of rotatable bonds is 3. The standard InChI is InChI=1S/C22H18ClFN2.ClH/c1-14-15(2)26(13-16-3-9-19(24)10-4-16)22-20(14)11-12-25-21(22)17-5-7-18(23)8-6-17;/h3-12H,13H2,1-2H3;1H. The van der Waals surface area contributed by atoms with Gasteiger partial charge in [-0.2, -0.15) is 0 Å². The van der Waals surface area contributed by atoms with E-state index in [1.54, 1.807) is 0 Å². The first-order valence-electron chi connectivity index (χ1n) is 8.49. The Balaban J connectivity index is 0.00000210. The summed E-state index contributed by atoms with van der Waals surface area (Å²) < 4.78 is 15.5. The molecule has 0 aliphatic heterocycles. The number of hydrogen-bond acceptors (Lipinski definition) is 1. The fraction of sp³-hybridized carbons (Fsp3) is 0.136. The predicted octanol–water partition coefficient (Wildman–Crippen LogP) is 6.58. The SMILES string of the molecule is Cc1c(C)n(Cc2ccc(F)cc2)c2c(-c3ccc(Cl)cc3)nccc12.Cl. The lowest BCUT2D eigenvalue weighted by molar-refractivity contribution is 0.626. The lowest BCUT2D eigenvalue weighted by Crippen LogP contribution is -2.03. The van der Waals surface area contributed by atoms with Crippen molar-refractivity contribution in [2.45, 2.75) is 20.4 Å². The Morgan fingerprint density at radius 1 is 0.963 bits per heavy atom. The number of nitrogens with zero attached hydrogens (tertiary/aromatic N) is 2. The number of aryl methyl sites for hydroxylation is 1. The van der Waals surface area contributed by atoms with Crippen LogP contribution < -0.4 is 0 Å². The van der Waals surface area contributed by atoms with Crippen LogP contribution in [0.2, 0.25) is 5.02 Å². The summed E-state index contributed by atoms with van der Waals surface area (Å²) in [4.78, 5) is 4.65. The van der Waals surface area contributed by atoms with Gasteiger partial charge in [-0.25, -0.2) is 4.39 Å². The van der Waals surface area contributed by atoms with Crippen LogP contribution in [0.3, 0.4) is 0 Å². The smallest absolute Gasteiger partial charge is 0.123 e. The molecule has 0 atom stereocenters. The van der Waals surface area contributed by atoms with Gasteiger partial charge >= 0.3 is 0 Å².